The number of benzene rings is 1. The number of nitrogens with zero attached hydrogens (tertiary/aromatic N) is 9. The molecule has 95 heavy (non-hydrogen) atoms. The Balaban J connectivity index is 0.000000437. The molecular formula is C63H93N11O18P3+. The Morgan fingerprint density at radius 1 is 0.453 bits per heavy atom. The minimum absolute atomic E-state index is 0.00152. The van der Waals surface area contributed by atoms with Crippen molar-refractivity contribution in [3.63, 3.8) is 0 Å². The highest BCUT2D eigenvalue weighted by atomic mass is 31.2. The zero-order valence-corrected chi connectivity index (χ0v) is 57.5. The molecule has 1 saturated heterocycles. The van der Waals surface area contributed by atoms with Gasteiger partial charge in [-0.2, -0.15) is 4.89 Å². The van der Waals surface area contributed by atoms with Crippen LogP contribution in [0.5, 0.6) is 34.5 Å². The van der Waals surface area contributed by atoms with Crippen LogP contribution in [0.2, 0.25) is 0 Å². The van der Waals surface area contributed by atoms with E-state index in [0.29, 0.717) is 116 Å². The molecule has 29 nitrogen and oxygen atoms in total. The molecule has 0 amide bonds. The molecule has 0 saturated carbocycles. The second-order valence-corrected chi connectivity index (χ2v) is 28.2. The lowest BCUT2D eigenvalue weighted by Gasteiger charge is -2.36. The van der Waals surface area contributed by atoms with Crippen molar-refractivity contribution >= 4 is 30.2 Å². The van der Waals surface area contributed by atoms with Crippen LogP contribution in [-0.4, -0.2) is 187 Å². The molecule has 3 atom stereocenters. The van der Waals surface area contributed by atoms with Crippen LogP contribution >= 0.6 is 23.4 Å². The van der Waals surface area contributed by atoms with Crippen molar-refractivity contribution in [3.8, 4) is 34.5 Å². The summed E-state index contributed by atoms with van der Waals surface area (Å²) >= 11 is 0. The number of aliphatic hydroxyl groups excluding tert-OH is 5. The van der Waals surface area contributed by atoms with Gasteiger partial charge in [-0.3, -0.25) is 53.6 Å². The number of aliphatic hydroxyl groups is 5. The lowest BCUT2D eigenvalue weighted by molar-refractivity contribution is -0.0980. The molecule has 522 valence electrons. The Kier molecular flexibility index (Phi) is 31.5. The van der Waals surface area contributed by atoms with Gasteiger partial charge in [0.25, 0.3) is 0 Å². The zero-order valence-electron chi connectivity index (χ0n) is 54.7. The van der Waals surface area contributed by atoms with E-state index in [9.17, 15) is 75.1 Å². The molecule has 8 rings (SSSR count). The van der Waals surface area contributed by atoms with Crippen LogP contribution in [0.1, 0.15) is 119 Å². The highest BCUT2D eigenvalue weighted by Crippen LogP contribution is 2.47. The van der Waals surface area contributed by atoms with Crippen molar-refractivity contribution in [2.45, 2.75) is 140 Å². The average molecular weight is 1390 g/mol. The van der Waals surface area contributed by atoms with Crippen LogP contribution < -0.4 is 10.6 Å². The Morgan fingerprint density at radius 3 is 1.01 bits per heavy atom. The maximum Gasteiger partial charge on any atom is 0.491 e. The standard InChI is InChI=1S/C44H63N7O11P2.C18H26N4O4.CH2O.HO2P/c1-28-13-32-7-5-6-8-36(32)40(41(28)55)20-51-12-11-50(19-39-35(23-54)16-47-31(4)44(39)58)25-63(59,60)24-48(17-37-33(21-52)14-45-29(2)42(37)56)9-10-49(26-64(61,62)27-51)18-38-34(22-53)15-46-30(3)43(38)57;1-11-17(25)15(13(9-23)5-21-11)7-19-3-4-20-8-16-14(10-24)6-22-12(2)18(16)26;1-2;1-3-2/h13-16,52-58H,5-12,17-27H2,1-4H3,(H,59,60)(H,61,62);5-6,19-20,23-26H,3-4,7-10H2,1-2H3;1H2;3H/p+1. The molecule has 1 fully saturated rings. The Morgan fingerprint density at radius 2 is 0.716 bits per heavy atom. The number of pyridine rings is 5. The molecule has 5 aromatic heterocycles. The Bertz CT molecular complexity index is 3590. The van der Waals surface area contributed by atoms with Crippen molar-refractivity contribution in [1.29, 1.82) is 0 Å². The van der Waals surface area contributed by atoms with Gasteiger partial charge in [0, 0.05) is 171 Å². The molecule has 32 heteroatoms. The van der Waals surface area contributed by atoms with E-state index in [1.54, 1.807) is 66.6 Å². The number of carbonyl (C=O) groups is 1. The van der Waals surface area contributed by atoms with Crippen LogP contribution in [0.15, 0.2) is 37.1 Å². The highest BCUT2D eigenvalue weighted by molar-refractivity contribution is 7.58. The fourth-order valence-electron chi connectivity index (χ4n) is 11.5. The van der Waals surface area contributed by atoms with Crippen LogP contribution in [0, 0.1) is 41.5 Å². The van der Waals surface area contributed by atoms with Gasteiger partial charge in [0.1, 0.15) is 41.3 Å². The van der Waals surface area contributed by atoms with E-state index in [1.807, 2.05) is 19.8 Å². The van der Waals surface area contributed by atoms with E-state index in [1.165, 1.54) is 18.6 Å². The number of rotatable bonds is 20. The average Bonchev–Trinajstić information content (AvgIpc) is 0.932. The van der Waals surface area contributed by atoms with Gasteiger partial charge in [-0.25, -0.2) is 0 Å². The van der Waals surface area contributed by atoms with Gasteiger partial charge in [-0.15, -0.1) is 0 Å². The molecule has 0 bridgehead atoms. The third-order valence-electron chi connectivity index (χ3n) is 16.7. The van der Waals surface area contributed by atoms with Crippen molar-refractivity contribution in [3.05, 3.63) is 143 Å². The predicted molar refractivity (Wildman–Crippen MR) is 355 cm³/mol. The molecule has 0 radical (unpaired) electrons. The van der Waals surface area contributed by atoms with Crippen molar-refractivity contribution in [2.75, 3.05) is 64.4 Å². The van der Waals surface area contributed by atoms with E-state index in [-0.39, 0.29) is 112 Å². The number of aryl methyl sites for hydroxylation is 7. The number of hydrogen-bond donors (Lipinski definition) is 16. The number of carbonyl (C=O) groups excluding carboxylic acids is 1. The molecule has 6 aromatic rings. The summed E-state index contributed by atoms with van der Waals surface area (Å²) in [6, 6.07) is 2.00. The first-order valence-electron chi connectivity index (χ1n) is 30.7. The summed E-state index contributed by atoms with van der Waals surface area (Å²) in [4.78, 5) is 66.5. The molecule has 1 aliphatic carbocycles. The summed E-state index contributed by atoms with van der Waals surface area (Å²) in [5.41, 5.74) is 9.75. The van der Waals surface area contributed by atoms with E-state index >= 15 is 0 Å². The lowest BCUT2D eigenvalue weighted by Crippen LogP contribution is -2.41. The van der Waals surface area contributed by atoms with Gasteiger partial charge in [-0.1, -0.05) is 6.07 Å². The molecule has 6 heterocycles. The number of aromatic hydroxyl groups is 6. The molecule has 1 aromatic carbocycles. The van der Waals surface area contributed by atoms with Crippen molar-refractivity contribution in [1.82, 2.24) is 55.2 Å². The third-order valence-corrected chi connectivity index (χ3v) is 20.1. The molecule has 2 aliphatic rings. The number of hydrogen-bond acceptors (Lipinski definition) is 26. The van der Waals surface area contributed by atoms with Gasteiger partial charge in [0.2, 0.25) is 14.7 Å². The first-order chi connectivity index (χ1) is 45.2. The van der Waals surface area contributed by atoms with Crippen LogP contribution in [-0.2, 0) is 104 Å². The third kappa shape index (κ3) is 22.0. The number of nitrogens with one attached hydrogen (secondary N) is 2. The first-order valence-corrected chi connectivity index (χ1v) is 35.6. The van der Waals surface area contributed by atoms with Gasteiger partial charge in [0.05, 0.1) is 86.6 Å². The highest BCUT2D eigenvalue weighted by Gasteiger charge is 2.34. The summed E-state index contributed by atoms with van der Waals surface area (Å²) in [6.07, 6.45) is 9.35. The van der Waals surface area contributed by atoms with Gasteiger partial charge in [-0.05, 0) is 88.5 Å². The van der Waals surface area contributed by atoms with Crippen LogP contribution in [0.3, 0.4) is 0 Å². The van der Waals surface area contributed by atoms with E-state index < -0.39 is 62.1 Å². The normalized spacial score (nSPS) is 17.7. The predicted octanol–water partition coefficient (Wildman–Crippen LogP) is 4.08. The maximum atomic E-state index is 14.8. The first kappa shape index (κ1) is 79.1. The molecule has 0 spiro atoms. The quantitative estimate of drug-likeness (QED) is 0.0378. The number of phenolic OH excluding ortho intramolecular Hbond substituents is 1. The minimum Gasteiger partial charge on any atom is -0.507 e. The SMILES string of the molecule is C=O.Cc1cc2c(c(CN3CCN(Cc4c(CO)cnc(C)c4O)CP(=O)(O)CN(Cc4c(CO)cnc(C)c4O)CCN(Cc4c(CO)cnc(C)c4O)CP(=O)(O)C3)c1O)CCCC2.Cc1ncc(CO)c(CNCCNCc2c(CO)cnc(C)c2O)c1O.O=[PH+]O. The van der Waals surface area contributed by atoms with E-state index in [4.69, 9.17) is 14.3 Å². The number of aromatic nitrogens is 5. The fourth-order valence-corrected chi connectivity index (χ4v) is 15.2. The molecular weight excluding hydrogens is 1290 g/mol. The second-order valence-electron chi connectivity index (χ2n) is 23.5. The van der Waals surface area contributed by atoms with Gasteiger partial charge in [0.15, 0.2) is 0 Å². The smallest absolute Gasteiger partial charge is 0.491 e. The zero-order chi connectivity index (χ0) is 70.3. The van der Waals surface area contributed by atoms with Crippen LogP contribution in [0.4, 0.5) is 0 Å². The maximum absolute atomic E-state index is 14.8. The van der Waals surface area contributed by atoms with E-state index in [0.717, 1.165) is 36.8 Å². The number of phenols is 1. The molecule has 3 unspecified atom stereocenters. The van der Waals surface area contributed by atoms with Gasteiger partial charge >= 0.3 is 8.69 Å². The summed E-state index contributed by atoms with van der Waals surface area (Å²) < 4.78 is 38.0. The fraction of sp³-hybridized carbons (Fsp3) is 0.492. The summed E-state index contributed by atoms with van der Waals surface area (Å²) in [7, 11) is -9.60. The monoisotopic (exact) mass is 1380 g/mol. The van der Waals surface area contributed by atoms with Crippen molar-refractivity contribution in [2.24, 2.45) is 0 Å². The topological polar surface area (TPSA) is 453 Å². The van der Waals surface area contributed by atoms with E-state index in [2.05, 4.69) is 35.6 Å². The minimum atomic E-state index is -4.24. The summed E-state index contributed by atoms with van der Waals surface area (Å²) in [6.45, 7) is 12.3. The summed E-state index contributed by atoms with van der Waals surface area (Å²) in [5.74, 6) is -0.239. The largest absolute Gasteiger partial charge is 0.507 e. The molecule has 1 aliphatic heterocycles. The lowest BCUT2D eigenvalue weighted by atomic mass is 9.86. The molecule has 16 N–H and O–H groups in total. The Hall–Kier alpha value is -6.56. The van der Waals surface area contributed by atoms with Crippen molar-refractivity contribution < 1.29 is 89.3 Å². The Labute approximate surface area is 554 Å². The van der Waals surface area contributed by atoms with Crippen LogP contribution in [0.25, 0.3) is 0 Å². The van der Waals surface area contributed by atoms with Gasteiger partial charge < -0.3 is 81.4 Å². The second kappa shape index (κ2) is 37.8. The number of fused-ring (bicyclic) bond motifs is 1. The summed E-state index contributed by atoms with van der Waals surface area (Å²) in [5, 5.41) is 121.